The average molecular weight is 330 g/mol. The lowest BCUT2D eigenvalue weighted by molar-refractivity contribution is -0.139. The number of ether oxygens (including phenoxy) is 1. The predicted octanol–water partition coefficient (Wildman–Crippen LogP) is 2.04. The lowest BCUT2D eigenvalue weighted by Gasteiger charge is -2.24. The number of likely N-dealkylation sites (tertiary alicyclic amines) is 2. The number of amides is 3. The summed E-state index contributed by atoms with van der Waals surface area (Å²) in [4.78, 5) is 39.9. The molecule has 0 N–H and O–H groups in total. The van der Waals surface area contributed by atoms with E-state index < -0.39 is 35.3 Å². The molecule has 6 nitrogen and oxygen atoms in total. The monoisotopic (exact) mass is 330 g/mol. The molecule has 128 valence electrons. The van der Waals surface area contributed by atoms with Crippen LogP contribution >= 0.6 is 0 Å². The van der Waals surface area contributed by atoms with E-state index in [4.69, 9.17) is 4.74 Å². The molecule has 3 rings (SSSR count). The zero-order chi connectivity index (χ0) is 17.5. The van der Waals surface area contributed by atoms with Crippen molar-refractivity contribution in [3.8, 4) is 0 Å². The molecule has 0 aromatic heterocycles. The number of hydrogen-bond acceptors (Lipinski definition) is 5. The summed E-state index contributed by atoms with van der Waals surface area (Å²) in [5.41, 5.74) is 0.399. The van der Waals surface area contributed by atoms with E-state index in [-0.39, 0.29) is 0 Å². The summed E-state index contributed by atoms with van der Waals surface area (Å²) in [6.45, 7) is 6.79. The van der Waals surface area contributed by atoms with Gasteiger partial charge in [-0.05, 0) is 26.3 Å². The third-order valence-corrected chi connectivity index (χ3v) is 4.30. The van der Waals surface area contributed by atoms with E-state index in [1.165, 1.54) is 0 Å². The topological polar surface area (TPSA) is 66.9 Å². The fourth-order valence-electron chi connectivity index (χ4n) is 3.28. The van der Waals surface area contributed by atoms with Crippen LogP contribution in [0.4, 0.5) is 4.79 Å². The third kappa shape index (κ3) is 3.19. The van der Waals surface area contributed by atoms with Crippen LogP contribution in [0.5, 0.6) is 0 Å². The summed E-state index contributed by atoms with van der Waals surface area (Å²) < 4.78 is 5.18. The number of imide groups is 3. The van der Waals surface area contributed by atoms with Gasteiger partial charge in [0.2, 0.25) is 11.8 Å². The second-order valence-electron chi connectivity index (χ2n) is 7.38. The smallest absolute Gasteiger partial charge is 0.424 e. The molecule has 0 spiro atoms. The highest BCUT2D eigenvalue weighted by molar-refractivity contribution is 6.16. The first-order chi connectivity index (χ1) is 11.3. The Morgan fingerprint density at radius 2 is 1.62 bits per heavy atom. The van der Waals surface area contributed by atoms with Gasteiger partial charge in [0.25, 0.3) is 0 Å². The molecule has 2 aliphatic heterocycles. The first-order valence-corrected chi connectivity index (χ1v) is 8.13. The zero-order valence-corrected chi connectivity index (χ0v) is 14.2. The number of fused-ring (bicyclic) bond motifs is 1. The quantitative estimate of drug-likeness (QED) is 0.776. The van der Waals surface area contributed by atoms with E-state index in [1.807, 2.05) is 30.3 Å². The second-order valence-corrected chi connectivity index (χ2v) is 7.38. The van der Waals surface area contributed by atoms with Crippen LogP contribution in [0.2, 0.25) is 0 Å². The molecule has 24 heavy (non-hydrogen) atoms. The minimum atomic E-state index is -0.860. The summed E-state index contributed by atoms with van der Waals surface area (Å²) in [6, 6.07) is 9.92. The third-order valence-electron chi connectivity index (χ3n) is 4.30. The minimum Gasteiger partial charge on any atom is -0.443 e. The van der Waals surface area contributed by atoms with Crippen molar-refractivity contribution in [2.45, 2.75) is 32.9 Å². The van der Waals surface area contributed by atoms with Crippen molar-refractivity contribution in [1.29, 1.82) is 0 Å². The lowest BCUT2D eigenvalue weighted by Crippen LogP contribution is -2.43. The summed E-state index contributed by atoms with van der Waals surface area (Å²) in [6.07, 6.45) is -0.860. The predicted molar refractivity (Wildman–Crippen MR) is 86.8 cm³/mol. The van der Waals surface area contributed by atoms with Gasteiger partial charge in [-0.15, -0.1) is 0 Å². The van der Waals surface area contributed by atoms with Crippen LogP contribution in [-0.4, -0.2) is 46.4 Å². The molecule has 2 saturated heterocycles. The normalized spacial score (nSPS) is 24.4. The van der Waals surface area contributed by atoms with Crippen LogP contribution in [0.1, 0.15) is 26.3 Å². The maximum absolute atomic E-state index is 12.5. The first kappa shape index (κ1) is 16.6. The Balaban J connectivity index is 1.67. The summed E-state index contributed by atoms with van der Waals surface area (Å²) in [7, 11) is 0. The van der Waals surface area contributed by atoms with Gasteiger partial charge in [-0.2, -0.15) is 4.90 Å². The van der Waals surface area contributed by atoms with E-state index in [0.29, 0.717) is 24.5 Å². The largest absolute Gasteiger partial charge is 0.443 e. The van der Waals surface area contributed by atoms with Crippen LogP contribution in [-0.2, 0) is 20.9 Å². The minimum absolute atomic E-state index is 0.435. The average Bonchev–Trinajstić information content (AvgIpc) is 2.98. The molecule has 0 saturated carbocycles. The molecule has 2 aliphatic rings. The SMILES string of the molecule is CC(C)(C)OC(=O)N1C(=O)C2CN(Cc3ccccc3)CC2C1=O. The summed E-state index contributed by atoms with van der Waals surface area (Å²) in [5, 5.41) is 0. The van der Waals surface area contributed by atoms with Gasteiger partial charge in [-0.3, -0.25) is 14.5 Å². The van der Waals surface area contributed by atoms with Crippen LogP contribution < -0.4 is 0 Å². The van der Waals surface area contributed by atoms with Gasteiger partial charge in [0.15, 0.2) is 0 Å². The number of hydrogen-bond donors (Lipinski definition) is 0. The Morgan fingerprint density at radius 1 is 1.08 bits per heavy atom. The maximum Gasteiger partial charge on any atom is 0.424 e. The molecule has 6 heteroatoms. The summed E-state index contributed by atoms with van der Waals surface area (Å²) >= 11 is 0. The molecule has 2 fully saturated rings. The van der Waals surface area contributed by atoms with Crippen molar-refractivity contribution in [2.75, 3.05) is 13.1 Å². The van der Waals surface area contributed by atoms with Crippen LogP contribution in [0.25, 0.3) is 0 Å². The van der Waals surface area contributed by atoms with Gasteiger partial charge < -0.3 is 4.74 Å². The van der Waals surface area contributed by atoms with E-state index in [1.54, 1.807) is 20.8 Å². The molecule has 0 bridgehead atoms. The van der Waals surface area contributed by atoms with E-state index in [2.05, 4.69) is 4.90 Å². The van der Waals surface area contributed by atoms with Crippen molar-refractivity contribution in [3.05, 3.63) is 35.9 Å². The Labute approximate surface area is 141 Å². The van der Waals surface area contributed by atoms with Gasteiger partial charge in [0.05, 0.1) is 11.8 Å². The van der Waals surface area contributed by atoms with Gasteiger partial charge in [0, 0.05) is 19.6 Å². The standard InChI is InChI=1S/C18H22N2O4/c1-18(2,3)24-17(23)20-15(21)13-10-19(11-14(13)16(20)22)9-12-7-5-4-6-8-12/h4-8,13-14H,9-11H2,1-3H3. The molecular formula is C18H22N2O4. The van der Waals surface area contributed by atoms with Crippen molar-refractivity contribution < 1.29 is 19.1 Å². The van der Waals surface area contributed by atoms with E-state index in [0.717, 1.165) is 5.56 Å². The Bertz CT molecular complexity index is 641. The second kappa shape index (κ2) is 6.02. The van der Waals surface area contributed by atoms with Crippen LogP contribution in [0.15, 0.2) is 30.3 Å². The van der Waals surface area contributed by atoms with Crippen molar-refractivity contribution in [1.82, 2.24) is 9.80 Å². The molecule has 2 unspecified atom stereocenters. The van der Waals surface area contributed by atoms with E-state index >= 15 is 0 Å². The molecule has 0 radical (unpaired) electrons. The molecule has 0 aliphatic carbocycles. The van der Waals surface area contributed by atoms with Gasteiger partial charge in [0.1, 0.15) is 5.60 Å². The van der Waals surface area contributed by atoms with Crippen molar-refractivity contribution >= 4 is 17.9 Å². The maximum atomic E-state index is 12.5. The Kier molecular flexibility index (Phi) is 4.17. The lowest BCUT2D eigenvalue weighted by atomic mass is 10.00. The molecule has 2 atom stereocenters. The van der Waals surface area contributed by atoms with Gasteiger partial charge in [-0.25, -0.2) is 4.79 Å². The Hall–Kier alpha value is -2.21. The zero-order valence-electron chi connectivity index (χ0n) is 14.2. The fraction of sp³-hybridized carbons (Fsp3) is 0.500. The van der Waals surface area contributed by atoms with E-state index in [9.17, 15) is 14.4 Å². The van der Waals surface area contributed by atoms with Crippen LogP contribution in [0.3, 0.4) is 0 Å². The van der Waals surface area contributed by atoms with Gasteiger partial charge in [-0.1, -0.05) is 30.3 Å². The fourth-order valence-corrected chi connectivity index (χ4v) is 3.28. The molecule has 2 heterocycles. The highest BCUT2D eigenvalue weighted by Crippen LogP contribution is 2.34. The highest BCUT2D eigenvalue weighted by Gasteiger charge is 2.55. The number of benzene rings is 1. The summed E-state index contributed by atoms with van der Waals surface area (Å²) in [5.74, 6) is -1.77. The number of rotatable bonds is 2. The molecule has 3 amide bonds. The van der Waals surface area contributed by atoms with Crippen molar-refractivity contribution in [3.63, 3.8) is 0 Å². The molecule has 1 aromatic rings. The van der Waals surface area contributed by atoms with Crippen molar-refractivity contribution in [2.24, 2.45) is 11.8 Å². The number of carbonyl (C=O) groups is 3. The number of nitrogens with zero attached hydrogens (tertiary/aromatic N) is 2. The Morgan fingerprint density at radius 3 is 2.12 bits per heavy atom. The van der Waals surface area contributed by atoms with Gasteiger partial charge >= 0.3 is 6.09 Å². The highest BCUT2D eigenvalue weighted by atomic mass is 16.6. The molecular weight excluding hydrogens is 308 g/mol. The molecule has 1 aromatic carbocycles. The number of carbonyl (C=O) groups excluding carboxylic acids is 3. The first-order valence-electron chi connectivity index (χ1n) is 8.13. The van der Waals surface area contributed by atoms with Crippen LogP contribution in [0, 0.1) is 11.8 Å².